The Morgan fingerprint density at radius 3 is 2.37 bits per heavy atom. The van der Waals surface area contributed by atoms with Gasteiger partial charge in [-0.05, 0) is 25.0 Å². The predicted molar refractivity (Wildman–Crippen MR) is 115 cm³/mol. The van der Waals surface area contributed by atoms with Gasteiger partial charge in [0.05, 0.1) is 5.52 Å². The van der Waals surface area contributed by atoms with E-state index in [0.717, 1.165) is 72.9 Å². The molecule has 0 N–H and O–H groups in total. The Balaban J connectivity index is 1.45. The lowest BCUT2D eigenvalue weighted by Crippen LogP contribution is -2.50. The molecule has 1 aliphatic carbocycles. The van der Waals surface area contributed by atoms with Gasteiger partial charge in [0.2, 0.25) is 11.9 Å². The molecule has 30 heavy (non-hydrogen) atoms. The maximum absolute atomic E-state index is 12.5. The second kappa shape index (κ2) is 6.79. The lowest BCUT2D eigenvalue weighted by atomic mass is 10.2. The van der Waals surface area contributed by atoms with Crippen molar-refractivity contribution in [1.82, 2.24) is 24.5 Å². The van der Waals surface area contributed by atoms with E-state index in [9.17, 15) is 4.79 Å². The molecule has 1 aliphatic heterocycles. The molecule has 7 heteroatoms. The van der Waals surface area contributed by atoms with Gasteiger partial charge >= 0.3 is 0 Å². The first kappa shape index (κ1) is 17.4. The Kier molecular flexibility index (Phi) is 3.94. The first-order chi connectivity index (χ1) is 14.8. The first-order valence-corrected chi connectivity index (χ1v) is 10.5. The number of benzene rings is 2. The Labute approximate surface area is 174 Å². The van der Waals surface area contributed by atoms with Crippen molar-refractivity contribution in [2.45, 2.75) is 12.8 Å². The molecular formula is C23H22N6O. The van der Waals surface area contributed by atoms with Crippen molar-refractivity contribution in [1.29, 1.82) is 0 Å². The standard InChI is InChI=1S/C23H22N6O/c30-22(17-10-11-17)27-12-14-28(15-13-27)23-24-19-9-5-4-8-18(19)21-26-25-20(29(21)23)16-6-2-1-3-7-16/h1-9,17H,10-15H2. The topological polar surface area (TPSA) is 66.6 Å². The summed E-state index contributed by atoms with van der Waals surface area (Å²) in [6, 6.07) is 18.2. The van der Waals surface area contributed by atoms with Crippen LogP contribution in [0, 0.1) is 5.92 Å². The van der Waals surface area contributed by atoms with Crippen LogP contribution in [0.5, 0.6) is 0 Å². The largest absolute Gasteiger partial charge is 0.339 e. The second-order valence-electron chi connectivity index (χ2n) is 8.06. The van der Waals surface area contributed by atoms with Gasteiger partial charge in [-0.3, -0.25) is 4.79 Å². The minimum atomic E-state index is 0.268. The summed E-state index contributed by atoms with van der Waals surface area (Å²) in [4.78, 5) is 21.7. The van der Waals surface area contributed by atoms with E-state index in [-0.39, 0.29) is 5.92 Å². The number of nitrogens with zero attached hydrogens (tertiary/aromatic N) is 6. The Morgan fingerprint density at radius 2 is 1.60 bits per heavy atom. The molecular weight excluding hydrogens is 376 g/mol. The molecule has 2 aromatic carbocycles. The van der Waals surface area contributed by atoms with E-state index in [4.69, 9.17) is 4.98 Å². The molecule has 6 rings (SSSR count). The highest BCUT2D eigenvalue weighted by Crippen LogP contribution is 2.32. The molecule has 0 atom stereocenters. The molecule has 7 nitrogen and oxygen atoms in total. The summed E-state index contributed by atoms with van der Waals surface area (Å²) < 4.78 is 2.07. The minimum absolute atomic E-state index is 0.268. The molecule has 0 spiro atoms. The number of fused-ring (bicyclic) bond motifs is 3. The van der Waals surface area contributed by atoms with E-state index >= 15 is 0 Å². The Bertz CT molecular complexity index is 1240. The molecule has 0 bridgehead atoms. The van der Waals surface area contributed by atoms with Crippen molar-refractivity contribution in [3.05, 3.63) is 54.6 Å². The summed E-state index contributed by atoms with van der Waals surface area (Å²) in [5.41, 5.74) is 2.72. The lowest BCUT2D eigenvalue weighted by Gasteiger charge is -2.35. The molecule has 0 radical (unpaired) electrons. The van der Waals surface area contributed by atoms with Crippen molar-refractivity contribution in [2.75, 3.05) is 31.1 Å². The van der Waals surface area contributed by atoms with Gasteiger partial charge in [-0.15, -0.1) is 10.2 Å². The molecule has 0 unspecified atom stereocenters. The number of aromatic nitrogens is 4. The van der Waals surface area contributed by atoms with Gasteiger partial charge in [-0.1, -0.05) is 42.5 Å². The lowest BCUT2D eigenvalue weighted by molar-refractivity contribution is -0.132. The first-order valence-electron chi connectivity index (χ1n) is 10.5. The van der Waals surface area contributed by atoms with E-state index in [0.29, 0.717) is 5.91 Å². The maximum Gasteiger partial charge on any atom is 0.225 e. The zero-order valence-corrected chi connectivity index (χ0v) is 16.6. The van der Waals surface area contributed by atoms with Crippen molar-refractivity contribution in [3.8, 4) is 11.4 Å². The van der Waals surface area contributed by atoms with Crippen LogP contribution < -0.4 is 4.90 Å². The minimum Gasteiger partial charge on any atom is -0.339 e. The van der Waals surface area contributed by atoms with Gasteiger partial charge in [-0.25, -0.2) is 9.38 Å². The maximum atomic E-state index is 12.5. The van der Waals surface area contributed by atoms with Crippen LogP contribution in [0.2, 0.25) is 0 Å². The Hall–Kier alpha value is -3.48. The predicted octanol–water partition coefficient (Wildman–Crippen LogP) is 3.00. The highest BCUT2D eigenvalue weighted by Gasteiger charge is 2.35. The molecule has 150 valence electrons. The average Bonchev–Trinajstić information content (AvgIpc) is 3.57. The van der Waals surface area contributed by atoms with Gasteiger partial charge in [0.1, 0.15) is 0 Å². The molecule has 2 fully saturated rings. The van der Waals surface area contributed by atoms with E-state index in [1.54, 1.807) is 0 Å². The number of piperazine rings is 1. The van der Waals surface area contributed by atoms with E-state index < -0.39 is 0 Å². The SMILES string of the molecule is O=C(C1CC1)N1CCN(c2nc3ccccc3c3nnc(-c4ccccc4)n23)CC1. The third-order valence-corrected chi connectivity index (χ3v) is 6.06. The number of anilines is 1. The van der Waals surface area contributed by atoms with E-state index in [2.05, 4.69) is 19.5 Å². The van der Waals surface area contributed by atoms with Crippen LogP contribution in [0.4, 0.5) is 5.95 Å². The third kappa shape index (κ3) is 2.81. The summed E-state index contributed by atoms with van der Waals surface area (Å²) in [5.74, 6) is 2.21. The Morgan fingerprint density at radius 1 is 0.867 bits per heavy atom. The number of amides is 1. The smallest absolute Gasteiger partial charge is 0.225 e. The summed E-state index contributed by atoms with van der Waals surface area (Å²) >= 11 is 0. The van der Waals surface area contributed by atoms with Crippen molar-refractivity contribution < 1.29 is 4.79 Å². The fourth-order valence-electron chi connectivity index (χ4n) is 4.27. The number of rotatable bonds is 3. The summed E-state index contributed by atoms with van der Waals surface area (Å²) in [6.07, 6.45) is 2.10. The quantitative estimate of drug-likeness (QED) is 0.531. The molecule has 2 aromatic heterocycles. The van der Waals surface area contributed by atoms with Crippen LogP contribution in [0.1, 0.15) is 12.8 Å². The monoisotopic (exact) mass is 398 g/mol. The van der Waals surface area contributed by atoms with Crippen LogP contribution in [0.3, 0.4) is 0 Å². The second-order valence-corrected chi connectivity index (χ2v) is 8.06. The van der Waals surface area contributed by atoms with Gasteiger partial charge in [-0.2, -0.15) is 0 Å². The summed E-state index contributed by atoms with van der Waals surface area (Å²) in [5, 5.41) is 10.0. The third-order valence-electron chi connectivity index (χ3n) is 6.06. The average molecular weight is 398 g/mol. The van der Waals surface area contributed by atoms with Crippen LogP contribution in [-0.2, 0) is 4.79 Å². The number of hydrogen-bond acceptors (Lipinski definition) is 5. The number of hydrogen-bond donors (Lipinski definition) is 0. The number of carbonyl (C=O) groups is 1. The summed E-state index contributed by atoms with van der Waals surface area (Å²) in [6.45, 7) is 2.97. The van der Waals surface area contributed by atoms with Gasteiger partial charge in [0, 0.05) is 43.0 Å². The van der Waals surface area contributed by atoms with Crippen molar-refractivity contribution in [2.24, 2.45) is 5.92 Å². The zero-order valence-electron chi connectivity index (χ0n) is 16.6. The fourth-order valence-corrected chi connectivity index (χ4v) is 4.27. The molecule has 2 aliphatic rings. The van der Waals surface area contributed by atoms with Crippen LogP contribution >= 0.6 is 0 Å². The van der Waals surface area contributed by atoms with Crippen LogP contribution in [-0.4, -0.2) is 56.6 Å². The highest BCUT2D eigenvalue weighted by atomic mass is 16.2. The van der Waals surface area contributed by atoms with Gasteiger partial charge in [0.25, 0.3) is 0 Å². The number of carbonyl (C=O) groups excluding carboxylic acids is 1. The molecule has 3 heterocycles. The van der Waals surface area contributed by atoms with Crippen molar-refractivity contribution in [3.63, 3.8) is 0 Å². The highest BCUT2D eigenvalue weighted by molar-refractivity contribution is 5.93. The van der Waals surface area contributed by atoms with Crippen LogP contribution in [0.25, 0.3) is 27.9 Å². The number of para-hydroxylation sites is 1. The van der Waals surface area contributed by atoms with Crippen LogP contribution in [0.15, 0.2) is 54.6 Å². The van der Waals surface area contributed by atoms with Crippen molar-refractivity contribution >= 4 is 28.4 Å². The van der Waals surface area contributed by atoms with Gasteiger partial charge in [0.15, 0.2) is 11.5 Å². The molecule has 4 aromatic rings. The van der Waals surface area contributed by atoms with Gasteiger partial charge < -0.3 is 9.80 Å². The molecule has 1 saturated heterocycles. The van der Waals surface area contributed by atoms with E-state index in [1.165, 1.54) is 0 Å². The molecule has 1 amide bonds. The normalized spacial score (nSPS) is 17.1. The fraction of sp³-hybridized carbons (Fsp3) is 0.304. The zero-order chi connectivity index (χ0) is 20.1. The van der Waals surface area contributed by atoms with E-state index in [1.807, 2.05) is 59.5 Å². The summed E-state index contributed by atoms with van der Waals surface area (Å²) in [7, 11) is 0. The molecule has 1 saturated carbocycles.